The van der Waals surface area contributed by atoms with Crippen molar-refractivity contribution in [3.8, 4) is 0 Å². The smallest absolute Gasteiger partial charge is 0.238 e. The Kier molecular flexibility index (Phi) is 4.69. The molecule has 6 heteroatoms. The van der Waals surface area contributed by atoms with Crippen LogP contribution in [-0.4, -0.2) is 8.42 Å². The van der Waals surface area contributed by atoms with Crippen LogP contribution in [0.2, 0.25) is 0 Å². The van der Waals surface area contributed by atoms with Gasteiger partial charge in [-0.25, -0.2) is 19.0 Å². The van der Waals surface area contributed by atoms with E-state index >= 15 is 0 Å². The number of anilines is 1. The van der Waals surface area contributed by atoms with Crippen molar-refractivity contribution < 1.29 is 8.42 Å². The molecule has 5 nitrogen and oxygen atoms in total. The molecule has 2 aromatic carbocycles. The Morgan fingerprint density at radius 1 is 1.08 bits per heavy atom. The lowest BCUT2D eigenvalue weighted by atomic mass is 9.86. The van der Waals surface area contributed by atoms with Crippen molar-refractivity contribution in [2.45, 2.75) is 37.1 Å². The number of sulfonamides is 1. The van der Waals surface area contributed by atoms with Crippen LogP contribution < -0.4 is 15.6 Å². The standard InChI is InChI=1S/C19H23N3O2S/c1-3-12-19(16-6-4-15(2)5-7-16)13-14-22(21-19)17-8-10-18(11-9-17)25(20,23)24/h4-11,13-14,21H,3,12H2,1-2H3,(H2,20,23,24)/t19-/m0/s1. The van der Waals surface area contributed by atoms with E-state index in [0.717, 1.165) is 18.5 Å². The van der Waals surface area contributed by atoms with Crippen LogP contribution in [0.3, 0.4) is 0 Å². The molecule has 0 saturated heterocycles. The van der Waals surface area contributed by atoms with E-state index in [1.807, 2.05) is 11.2 Å². The van der Waals surface area contributed by atoms with Gasteiger partial charge in [-0.1, -0.05) is 43.2 Å². The molecule has 25 heavy (non-hydrogen) atoms. The Bertz CT molecular complexity index is 874. The number of hydrazine groups is 1. The first-order valence-corrected chi connectivity index (χ1v) is 9.85. The molecule has 3 N–H and O–H groups in total. The minimum absolute atomic E-state index is 0.109. The first kappa shape index (κ1) is 17.7. The summed E-state index contributed by atoms with van der Waals surface area (Å²) in [5.74, 6) is 0. The van der Waals surface area contributed by atoms with Gasteiger partial charge in [0.1, 0.15) is 0 Å². The Morgan fingerprint density at radius 3 is 2.28 bits per heavy atom. The second kappa shape index (κ2) is 6.63. The SMILES string of the molecule is CCC[C@@]1(c2ccc(C)cc2)C=CN(c2ccc(S(N)(=O)=O)cc2)N1. The summed E-state index contributed by atoms with van der Waals surface area (Å²) < 4.78 is 22.8. The fraction of sp³-hybridized carbons (Fsp3) is 0.263. The molecule has 0 saturated carbocycles. The summed E-state index contributed by atoms with van der Waals surface area (Å²) in [4.78, 5) is 0.109. The number of benzene rings is 2. The van der Waals surface area contributed by atoms with Crippen LogP contribution in [0.4, 0.5) is 5.69 Å². The van der Waals surface area contributed by atoms with E-state index in [1.54, 1.807) is 12.1 Å². The topological polar surface area (TPSA) is 75.4 Å². The molecule has 0 radical (unpaired) electrons. The van der Waals surface area contributed by atoms with Crippen molar-refractivity contribution in [1.82, 2.24) is 5.43 Å². The maximum atomic E-state index is 11.4. The molecule has 0 aromatic heterocycles. The number of nitrogens with two attached hydrogens (primary N) is 1. The number of nitrogens with zero attached hydrogens (tertiary/aromatic N) is 1. The van der Waals surface area contributed by atoms with Gasteiger partial charge in [0, 0.05) is 6.20 Å². The Hall–Kier alpha value is -2.15. The molecule has 2 aromatic rings. The lowest BCUT2D eigenvalue weighted by Crippen LogP contribution is -2.44. The molecule has 0 aliphatic carbocycles. The molecule has 1 atom stereocenters. The van der Waals surface area contributed by atoms with Crippen LogP contribution in [0.15, 0.2) is 65.7 Å². The number of hydrogen-bond donors (Lipinski definition) is 2. The fourth-order valence-corrected chi connectivity index (χ4v) is 3.64. The number of hydrogen-bond acceptors (Lipinski definition) is 4. The van der Waals surface area contributed by atoms with Crippen LogP contribution in [0.25, 0.3) is 0 Å². The monoisotopic (exact) mass is 357 g/mol. The Morgan fingerprint density at radius 2 is 1.72 bits per heavy atom. The van der Waals surface area contributed by atoms with Crippen LogP contribution in [0.1, 0.15) is 30.9 Å². The van der Waals surface area contributed by atoms with E-state index in [1.165, 1.54) is 23.3 Å². The summed E-state index contributed by atoms with van der Waals surface area (Å²) in [6.07, 6.45) is 6.14. The molecule has 3 rings (SSSR count). The van der Waals surface area contributed by atoms with Crippen molar-refractivity contribution in [2.75, 3.05) is 5.01 Å². The highest BCUT2D eigenvalue weighted by Crippen LogP contribution is 2.34. The van der Waals surface area contributed by atoms with E-state index in [0.29, 0.717) is 0 Å². The second-order valence-corrected chi connectivity index (χ2v) is 7.99. The summed E-state index contributed by atoms with van der Waals surface area (Å²) in [6, 6.07) is 15.1. The van der Waals surface area contributed by atoms with Crippen molar-refractivity contribution in [3.05, 3.63) is 71.9 Å². The molecule has 1 aliphatic heterocycles. The van der Waals surface area contributed by atoms with Crippen LogP contribution in [0.5, 0.6) is 0 Å². The van der Waals surface area contributed by atoms with E-state index in [2.05, 4.69) is 49.6 Å². The minimum Gasteiger partial charge on any atom is -0.283 e. The third-order valence-corrected chi connectivity index (χ3v) is 5.41. The van der Waals surface area contributed by atoms with E-state index in [-0.39, 0.29) is 10.4 Å². The van der Waals surface area contributed by atoms with Gasteiger partial charge in [0.2, 0.25) is 10.0 Å². The molecule has 0 fully saturated rings. The Labute approximate surface area is 149 Å². The molecule has 0 bridgehead atoms. The van der Waals surface area contributed by atoms with Gasteiger partial charge in [-0.2, -0.15) is 0 Å². The highest BCUT2D eigenvalue weighted by molar-refractivity contribution is 7.89. The van der Waals surface area contributed by atoms with Gasteiger partial charge in [0.05, 0.1) is 16.1 Å². The highest BCUT2D eigenvalue weighted by atomic mass is 32.2. The minimum atomic E-state index is -3.68. The number of primary sulfonamides is 1. The number of nitrogens with one attached hydrogen (secondary N) is 1. The molecule has 132 valence electrons. The van der Waals surface area contributed by atoms with Gasteiger partial charge in [-0.05, 0) is 49.2 Å². The van der Waals surface area contributed by atoms with Crippen molar-refractivity contribution in [3.63, 3.8) is 0 Å². The quantitative estimate of drug-likeness (QED) is 0.862. The molecule has 0 amide bonds. The van der Waals surface area contributed by atoms with Crippen molar-refractivity contribution >= 4 is 15.7 Å². The average Bonchev–Trinajstić information content (AvgIpc) is 3.00. The zero-order valence-corrected chi connectivity index (χ0v) is 15.3. The van der Waals surface area contributed by atoms with Gasteiger partial charge >= 0.3 is 0 Å². The van der Waals surface area contributed by atoms with Gasteiger partial charge in [0.25, 0.3) is 0 Å². The Balaban J connectivity index is 1.88. The van der Waals surface area contributed by atoms with Gasteiger partial charge in [-0.3, -0.25) is 5.01 Å². The molecule has 0 spiro atoms. The van der Waals surface area contributed by atoms with Crippen LogP contribution in [-0.2, 0) is 15.6 Å². The molecule has 0 unspecified atom stereocenters. The van der Waals surface area contributed by atoms with E-state index in [9.17, 15) is 8.42 Å². The average molecular weight is 357 g/mol. The highest BCUT2D eigenvalue weighted by Gasteiger charge is 2.34. The maximum Gasteiger partial charge on any atom is 0.238 e. The van der Waals surface area contributed by atoms with Gasteiger partial charge in [-0.15, -0.1) is 0 Å². The fourth-order valence-electron chi connectivity index (χ4n) is 3.13. The summed E-state index contributed by atoms with van der Waals surface area (Å²) in [5, 5.41) is 7.08. The predicted molar refractivity (Wildman–Crippen MR) is 100 cm³/mol. The lowest BCUT2D eigenvalue weighted by Gasteiger charge is -2.32. The summed E-state index contributed by atoms with van der Waals surface area (Å²) in [6.45, 7) is 4.24. The van der Waals surface area contributed by atoms with Gasteiger partial charge in [0.15, 0.2) is 0 Å². The second-order valence-electron chi connectivity index (χ2n) is 6.42. The number of aryl methyl sites for hydroxylation is 1. The molecule has 1 heterocycles. The van der Waals surface area contributed by atoms with Crippen LogP contribution in [0, 0.1) is 6.92 Å². The molecular formula is C19H23N3O2S. The molecular weight excluding hydrogens is 334 g/mol. The first-order chi connectivity index (χ1) is 11.8. The molecule has 1 aliphatic rings. The summed E-state index contributed by atoms with van der Waals surface area (Å²) >= 11 is 0. The zero-order valence-electron chi connectivity index (χ0n) is 14.4. The summed E-state index contributed by atoms with van der Waals surface area (Å²) in [7, 11) is -3.68. The number of rotatable bonds is 5. The lowest BCUT2D eigenvalue weighted by molar-refractivity contribution is 0.409. The van der Waals surface area contributed by atoms with Gasteiger partial charge < -0.3 is 0 Å². The van der Waals surface area contributed by atoms with E-state index < -0.39 is 10.0 Å². The predicted octanol–water partition coefficient (Wildman–Crippen LogP) is 3.18. The largest absolute Gasteiger partial charge is 0.283 e. The third-order valence-electron chi connectivity index (χ3n) is 4.48. The maximum absolute atomic E-state index is 11.4. The zero-order chi connectivity index (χ0) is 18.1. The van der Waals surface area contributed by atoms with Crippen molar-refractivity contribution in [2.24, 2.45) is 5.14 Å². The first-order valence-electron chi connectivity index (χ1n) is 8.30. The van der Waals surface area contributed by atoms with Crippen LogP contribution >= 0.6 is 0 Å². The normalized spacial score (nSPS) is 20.2. The van der Waals surface area contributed by atoms with E-state index in [4.69, 9.17) is 5.14 Å². The van der Waals surface area contributed by atoms with Crippen molar-refractivity contribution in [1.29, 1.82) is 0 Å². The third kappa shape index (κ3) is 3.61. The summed E-state index contributed by atoms with van der Waals surface area (Å²) in [5.41, 5.74) is 6.59.